The molecule has 2 aromatic carbocycles. The number of carbonyl (C=O) groups is 1. The summed E-state index contributed by atoms with van der Waals surface area (Å²) in [5.41, 5.74) is 2.36. The van der Waals surface area contributed by atoms with Crippen molar-refractivity contribution in [3.8, 4) is 12.3 Å². The van der Waals surface area contributed by atoms with Crippen LogP contribution < -0.4 is 0 Å². The van der Waals surface area contributed by atoms with Gasteiger partial charge in [0.05, 0.1) is 5.92 Å². The molecule has 0 saturated carbocycles. The van der Waals surface area contributed by atoms with E-state index in [9.17, 15) is 4.79 Å². The molecule has 0 unspecified atom stereocenters. The summed E-state index contributed by atoms with van der Waals surface area (Å²) in [6.07, 6.45) is 5.99. The summed E-state index contributed by atoms with van der Waals surface area (Å²) in [7, 11) is 0. The van der Waals surface area contributed by atoms with Crippen LogP contribution in [-0.2, 0) is 11.3 Å². The molecule has 1 aliphatic rings. The normalized spacial score (nSPS) is 20.9. The smallest absolute Gasteiger partial charge is 0.227 e. The maximum atomic E-state index is 12.7. The van der Waals surface area contributed by atoms with Gasteiger partial charge in [-0.25, -0.2) is 0 Å². The summed E-state index contributed by atoms with van der Waals surface area (Å²) >= 11 is 0. The number of likely N-dealkylation sites (tertiary alicyclic amines) is 1. The summed E-state index contributed by atoms with van der Waals surface area (Å²) in [6, 6.07) is 20.3. The van der Waals surface area contributed by atoms with Crippen molar-refractivity contribution in [2.45, 2.75) is 18.9 Å². The molecule has 2 nitrogen and oxygen atoms in total. The SMILES string of the molecule is C#CC[C@H]1C(=O)N(Cc2ccccc2)C[C@@H]1c1ccccc1. The van der Waals surface area contributed by atoms with Crippen molar-refractivity contribution in [2.24, 2.45) is 5.92 Å². The summed E-state index contributed by atoms with van der Waals surface area (Å²) < 4.78 is 0. The van der Waals surface area contributed by atoms with Crippen LogP contribution in [0.4, 0.5) is 0 Å². The van der Waals surface area contributed by atoms with Gasteiger partial charge in [-0.15, -0.1) is 12.3 Å². The zero-order chi connectivity index (χ0) is 15.4. The average Bonchev–Trinajstić information content (AvgIpc) is 2.87. The highest BCUT2D eigenvalue weighted by Crippen LogP contribution is 2.36. The quantitative estimate of drug-likeness (QED) is 0.789. The molecule has 0 aliphatic carbocycles. The number of carbonyl (C=O) groups excluding carboxylic acids is 1. The van der Waals surface area contributed by atoms with Crippen molar-refractivity contribution in [3.05, 3.63) is 71.8 Å². The van der Waals surface area contributed by atoms with Crippen molar-refractivity contribution < 1.29 is 4.79 Å². The van der Waals surface area contributed by atoms with Crippen LogP contribution in [0, 0.1) is 18.3 Å². The van der Waals surface area contributed by atoms with Gasteiger partial charge in [-0.3, -0.25) is 4.79 Å². The van der Waals surface area contributed by atoms with Crippen LogP contribution >= 0.6 is 0 Å². The Balaban J connectivity index is 1.83. The van der Waals surface area contributed by atoms with E-state index >= 15 is 0 Å². The monoisotopic (exact) mass is 289 g/mol. The first-order valence-electron chi connectivity index (χ1n) is 7.60. The number of hydrogen-bond donors (Lipinski definition) is 0. The molecule has 22 heavy (non-hydrogen) atoms. The van der Waals surface area contributed by atoms with Crippen LogP contribution in [0.2, 0.25) is 0 Å². The lowest BCUT2D eigenvalue weighted by Crippen LogP contribution is -2.26. The van der Waals surface area contributed by atoms with Crippen molar-refractivity contribution >= 4 is 5.91 Å². The number of nitrogens with zero attached hydrogens (tertiary/aromatic N) is 1. The van der Waals surface area contributed by atoms with E-state index in [0.717, 1.165) is 12.1 Å². The molecular weight excluding hydrogens is 270 g/mol. The van der Waals surface area contributed by atoms with Gasteiger partial charge in [0, 0.05) is 25.4 Å². The first-order valence-corrected chi connectivity index (χ1v) is 7.60. The Kier molecular flexibility index (Phi) is 4.25. The molecule has 0 N–H and O–H groups in total. The van der Waals surface area contributed by atoms with Crippen LogP contribution in [-0.4, -0.2) is 17.4 Å². The Morgan fingerprint density at radius 1 is 1.05 bits per heavy atom. The minimum Gasteiger partial charge on any atom is -0.337 e. The van der Waals surface area contributed by atoms with Crippen molar-refractivity contribution in [1.29, 1.82) is 0 Å². The number of amides is 1. The Hall–Kier alpha value is -2.53. The van der Waals surface area contributed by atoms with E-state index in [-0.39, 0.29) is 17.7 Å². The molecule has 1 saturated heterocycles. The van der Waals surface area contributed by atoms with Crippen molar-refractivity contribution in [1.82, 2.24) is 4.90 Å². The van der Waals surface area contributed by atoms with E-state index in [1.54, 1.807) is 0 Å². The maximum absolute atomic E-state index is 12.7. The topological polar surface area (TPSA) is 20.3 Å². The Bertz CT molecular complexity index is 672. The molecule has 110 valence electrons. The Morgan fingerprint density at radius 3 is 2.32 bits per heavy atom. The highest BCUT2D eigenvalue weighted by Gasteiger charge is 2.40. The number of rotatable bonds is 4. The van der Waals surface area contributed by atoms with Gasteiger partial charge in [0.25, 0.3) is 0 Å². The van der Waals surface area contributed by atoms with Gasteiger partial charge in [-0.1, -0.05) is 60.7 Å². The minimum atomic E-state index is -0.101. The van der Waals surface area contributed by atoms with Gasteiger partial charge in [0.15, 0.2) is 0 Å². The summed E-state index contributed by atoms with van der Waals surface area (Å²) in [5.74, 6) is 2.94. The fraction of sp³-hybridized carbons (Fsp3) is 0.250. The van der Waals surface area contributed by atoms with Gasteiger partial charge < -0.3 is 4.90 Å². The molecule has 1 fully saturated rings. The Morgan fingerprint density at radius 2 is 1.68 bits per heavy atom. The van der Waals surface area contributed by atoms with Crippen LogP contribution in [0.25, 0.3) is 0 Å². The molecule has 0 aromatic heterocycles. The first-order chi connectivity index (χ1) is 10.8. The van der Waals surface area contributed by atoms with Crippen LogP contribution in [0.5, 0.6) is 0 Å². The number of hydrogen-bond acceptors (Lipinski definition) is 1. The third kappa shape index (κ3) is 2.89. The van der Waals surface area contributed by atoms with Gasteiger partial charge in [-0.2, -0.15) is 0 Å². The Labute approximate surface area is 131 Å². The third-order valence-electron chi connectivity index (χ3n) is 4.31. The molecular formula is C20H19NO. The molecule has 2 atom stereocenters. The molecule has 0 bridgehead atoms. The second kappa shape index (κ2) is 6.49. The molecule has 3 rings (SSSR count). The summed E-state index contributed by atoms with van der Waals surface area (Å²) in [5, 5.41) is 0. The van der Waals surface area contributed by atoms with Crippen molar-refractivity contribution in [3.63, 3.8) is 0 Å². The molecule has 0 radical (unpaired) electrons. The predicted molar refractivity (Wildman–Crippen MR) is 88.0 cm³/mol. The second-order valence-electron chi connectivity index (χ2n) is 5.74. The fourth-order valence-electron chi connectivity index (χ4n) is 3.20. The number of terminal acetylenes is 1. The van der Waals surface area contributed by atoms with E-state index in [0.29, 0.717) is 13.0 Å². The summed E-state index contributed by atoms with van der Waals surface area (Å²) in [6.45, 7) is 1.40. The first kappa shape index (κ1) is 14.4. The lowest BCUT2D eigenvalue weighted by molar-refractivity contribution is -0.131. The number of benzene rings is 2. The van der Waals surface area contributed by atoms with Crippen molar-refractivity contribution in [2.75, 3.05) is 6.54 Å². The van der Waals surface area contributed by atoms with E-state index in [1.807, 2.05) is 41.3 Å². The lowest BCUT2D eigenvalue weighted by atomic mass is 9.87. The fourth-order valence-corrected chi connectivity index (χ4v) is 3.20. The van der Waals surface area contributed by atoms with Crippen LogP contribution in [0.1, 0.15) is 23.5 Å². The van der Waals surface area contributed by atoms with E-state index in [4.69, 9.17) is 6.42 Å². The predicted octanol–water partition coefficient (Wildman–Crippen LogP) is 3.45. The van der Waals surface area contributed by atoms with Gasteiger partial charge in [-0.05, 0) is 11.1 Å². The van der Waals surface area contributed by atoms with E-state index in [2.05, 4.69) is 30.2 Å². The second-order valence-corrected chi connectivity index (χ2v) is 5.74. The highest BCUT2D eigenvalue weighted by atomic mass is 16.2. The van der Waals surface area contributed by atoms with Gasteiger partial charge >= 0.3 is 0 Å². The standard InChI is InChI=1S/C20H19NO/c1-2-9-18-19(17-12-7-4-8-13-17)15-21(20(18)22)14-16-10-5-3-6-11-16/h1,3-8,10-13,18-19H,9,14-15H2/t18-,19-/m1/s1. The zero-order valence-electron chi connectivity index (χ0n) is 12.5. The molecule has 1 amide bonds. The minimum absolute atomic E-state index is 0.101. The highest BCUT2D eigenvalue weighted by molar-refractivity contribution is 5.83. The van der Waals surface area contributed by atoms with Gasteiger partial charge in [0.1, 0.15) is 0 Å². The maximum Gasteiger partial charge on any atom is 0.227 e. The van der Waals surface area contributed by atoms with Gasteiger partial charge in [0.2, 0.25) is 5.91 Å². The molecule has 1 aliphatic heterocycles. The lowest BCUT2D eigenvalue weighted by Gasteiger charge is -2.16. The van der Waals surface area contributed by atoms with E-state index < -0.39 is 0 Å². The largest absolute Gasteiger partial charge is 0.337 e. The zero-order valence-corrected chi connectivity index (χ0v) is 12.5. The molecule has 0 spiro atoms. The summed E-state index contributed by atoms with van der Waals surface area (Å²) in [4.78, 5) is 14.7. The third-order valence-corrected chi connectivity index (χ3v) is 4.31. The van der Waals surface area contributed by atoms with Crippen LogP contribution in [0.15, 0.2) is 60.7 Å². The van der Waals surface area contributed by atoms with Crippen LogP contribution in [0.3, 0.4) is 0 Å². The molecule has 2 heteroatoms. The molecule has 2 aromatic rings. The average molecular weight is 289 g/mol. The van der Waals surface area contributed by atoms with E-state index in [1.165, 1.54) is 5.56 Å². The molecule has 1 heterocycles.